The maximum Gasteiger partial charge on any atom is 0.337 e. The molecule has 0 heterocycles. The first-order valence-corrected chi connectivity index (χ1v) is 7.00. The number of carboxylic acids is 1. The molecular weight excluding hydrogens is 272 g/mol. The number of carboxylic acid groups (broad SMARTS) is 1. The molecule has 4 N–H and O–H groups in total. The van der Waals surface area contributed by atoms with E-state index >= 15 is 0 Å². The zero-order valence-electron chi connectivity index (χ0n) is 12.0. The smallest absolute Gasteiger partial charge is 0.337 e. The molecule has 0 radical (unpaired) electrons. The number of aromatic carboxylic acids is 1. The summed E-state index contributed by atoms with van der Waals surface area (Å²) in [6, 6.07) is 4.38. The number of methoxy groups -OCH3 is 1. The number of anilines is 1. The lowest BCUT2D eigenvalue weighted by Gasteiger charge is -2.27. The van der Waals surface area contributed by atoms with Crippen LogP contribution >= 0.6 is 0 Å². The van der Waals surface area contributed by atoms with Crippen molar-refractivity contribution in [3.63, 3.8) is 0 Å². The predicted octanol–water partition coefficient (Wildman–Crippen LogP) is 1.85. The van der Waals surface area contributed by atoms with Gasteiger partial charge < -0.3 is 20.9 Å². The van der Waals surface area contributed by atoms with Gasteiger partial charge >= 0.3 is 5.97 Å². The molecule has 1 amide bonds. The van der Waals surface area contributed by atoms with E-state index in [9.17, 15) is 14.7 Å². The van der Waals surface area contributed by atoms with Crippen molar-refractivity contribution in [2.24, 2.45) is 11.7 Å². The summed E-state index contributed by atoms with van der Waals surface area (Å²) in [5.74, 6) is -1.16. The third-order valence-corrected chi connectivity index (χ3v) is 3.87. The first-order valence-electron chi connectivity index (χ1n) is 7.00. The minimum absolute atomic E-state index is 0.00656. The average Bonchev–Trinajstić information content (AvgIpc) is 2.47. The van der Waals surface area contributed by atoms with E-state index in [1.807, 2.05) is 0 Å². The maximum absolute atomic E-state index is 12.3. The minimum Gasteiger partial charge on any atom is -0.497 e. The summed E-state index contributed by atoms with van der Waals surface area (Å²) >= 11 is 0. The number of hydrogen-bond donors (Lipinski definition) is 3. The molecule has 0 aromatic heterocycles. The van der Waals surface area contributed by atoms with Crippen molar-refractivity contribution in [1.29, 1.82) is 0 Å². The molecule has 2 atom stereocenters. The SMILES string of the molecule is COc1ccc(NC(=O)C2CCCCC2N)c(C(=O)O)c1. The van der Waals surface area contributed by atoms with E-state index in [-0.39, 0.29) is 29.1 Å². The summed E-state index contributed by atoms with van der Waals surface area (Å²) in [5, 5.41) is 11.9. The summed E-state index contributed by atoms with van der Waals surface area (Å²) in [6.45, 7) is 0. The molecule has 6 nitrogen and oxygen atoms in total. The van der Waals surface area contributed by atoms with Crippen molar-refractivity contribution in [1.82, 2.24) is 0 Å². The number of rotatable bonds is 4. The molecule has 1 aliphatic rings. The number of carbonyl (C=O) groups is 2. The molecule has 1 aliphatic carbocycles. The lowest BCUT2D eigenvalue weighted by atomic mass is 9.84. The molecule has 2 unspecified atom stereocenters. The van der Waals surface area contributed by atoms with Crippen molar-refractivity contribution < 1.29 is 19.4 Å². The fourth-order valence-electron chi connectivity index (χ4n) is 2.65. The number of hydrogen-bond acceptors (Lipinski definition) is 4. The Morgan fingerprint density at radius 3 is 2.67 bits per heavy atom. The molecule has 1 aromatic carbocycles. The molecule has 1 fully saturated rings. The Kier molecular flexibility index (Phi) is 4.80. The highest BCUT2D eigenvalue weighted by atomic mass is 16.5. The fraction of sp³-hybridized carbons (Fsp3) is 0.467. The van der Waals surface area contributed by atoms with Gasteiger partial charge in [-0.15, -0.1) is 0 Å². The van der Waals surface area contributed by atoms with Gasteiger partial charge in [-0.25, -0.2) is 4.79 Å². The zero-order chi connectivity index (χ0) is 15.4. The third kappa shape index (κ3) is 3.52. The number of amides is 1. The summed E-state index contributed by atoms with van der Waals surface area (Å²) in [4.78, 5) is 23.6. The van der Waals surface area contributed by atoms with E-state index in [0.717, 1.165) is 25.7 Å². The molecular formula is C15H20N2O4. The summed E-state index contributed by atoms with van der Waals surface area (Å²) in [5.41, 5.74) is 6.26. The van der Waals surface area contributed by atoms with Crippen LogP contribution in [0.3, 0.4) is 0 Å². The summed E-state index contributed by atoms with van der Waals surface area (Å²) in [7, 11) is 1.46. The van der Waals surface area contributed by atoms with Crippen LogP contribution in [0.5, 0.6) is 5.75 Å². The monoisotopic (exact) mass is 292 g/mol. The topological polar surface area (TPSA) is 102 Å². The number of nitrogens with one attached hydrogen (secondary N) is 1. The van der Waals surface area contributed by atoms with Gasteiger partial charge in [-0.3, -0.25) is 4.79 Å². The van der Waals surface area contributed by atoms with Crippen molar-refractivity contribution in [3.8, 4) is 5.75 Å². The average molecular weight is 292 g/mol. The van der Waals surface area contributed by atoms with E-state index < -0.39 is 5.97 Å². The van der Waals surface area contributed by atoms with Gasteiger partial charge in [-0.1, -0.05) is 12.8 Å². The molecule has 1 saturated carbocycles. The molecule has 114 valence electrons. The van der Waals surface area contributed by atoms with E-state index in [4.69, 9.17) is 10.5 Å². The molecule has 0 bridgehead atoms. The Labute approximate surface area is 123 Å². The van der Waals surface area contributed by atoms with Crippen LogP contribution in [0.15, 0.2) is 18.2 Å². The van der Waals surface area contributed by atoms with Crippen molar-refractivity contribution in [2.75, 3.05) is 12.4 Å². The highest BCUT2D eigenvalue weighted by Crippen LogP contribution is 2.27. The van der Waals surface area contributed by atoms with Gasteiger partial charge in [0.05, 0.1) is 24.3 Å². The number of benzene rings is 1. The van der Waals surface area contributed by atoms with Gasteiger partial charge in [-0.05, 0) is 31.0 Å². The van der Waals surface area contributed by atoms with Gasteiger partial charge in [0, 0.05) is 6.04 Å². The van der Waals surface area contributed by atoms with Gasteiger partial charge in [-0.2, -0.15) is 0 Å². The molecule has 0 spiro atoms. The number of nitrogens with two attached hydrogens (primary N) is 1. The molecule has 2 rings (SSSR count). The molecule has 0 aliphatic heterocycles. The normalized spacial score (nSPS) is 21.6. The number of ether oxygens (including phenoxy) is 1. The first kappa shape index (κ1) is 15.3. The maximum atomic E-state index is 12.3. The largest absolute Gasteiger partial charge is 0.497 e. The lowest BCUT2D eigenvalue weighted by molar-refractivity contribution is -0.121. The van der Waals surface area contributed by atoms with Crippen molar-refractivity contribution >= 4 is 17.6 Å². The van der Waals surface area contributed by atoms with E-state index in [2.05, 4.69) is 5.32 Å². The molecule has 1 aromatic rings. The van der Waals surface area contributed by atoms with Crippen LogP contribution in [0.4, 0.5) is 5.69 Å². The van der Waals surface area contributed by atoms with Gasteiger partial charge in [0.15, 0.2) is 0 Å². The number of carbonyl (C=O) groups excluding carboxylic acids is 1. The first-order chi connectivity index (χ1) is 10.0. The molecule has 21 heavy (non-hydrogen) atoms. The van der Waals surface area contributed by atoms with Crippen LogP contribution in [0.2, 0.25) is 0 Å². The Hall–Kier alpha value is -2.08. The van der Waals surface area contributed by atoms with Crippen LogP contribution in [-0.4, -0.2) is 30.1 Å². The van der Waals surface area contributed by atoms with Gasteiger partial charge in [0.2, 0.25) is 5.91 Å². The second kappa shape index (κ2) is 6.58. The van der Waals surface area contributed by atoms with E-state index in [1.54, 1.807) is 6.07 Å². The third-order valence-electron chi connectivity index (χ3n) is 3.87. The highest BCUT2D eigenvalue weighted by molar-refractivity contribution is 6.01. The highest BCUT2D eigenvalue weighted by Gasteiger charge is 2.29. The van der Waals surface area contributed by atoms with Crippen LogP contribution in [0.1, 0.15) is 36.0 Å². The Bertz CT molecular complexity index is 544. The van der Waals surface area contributed by atoms with Crippen LogP contribution < -0.4 is 15.8 Å². The second-order valence-corrected chi connectivity index (χ2v) is 5.26. The summed E-state index contributed by atoms with van der Waals surface area (Å²) < 4.78 is 5.00. The molecule has 6 heteroatoms. The molecule has 0 saturated heterocycles. The van der Waals surface area contributed by atoms with Gasteiger partial charge in [0.1, 0.15) is 5.75 Å². The Morgan fingerprint density at radius 1 is 1.33 bits per heavy atom. The lowest BCUT2D eigenvalue weighted by Crippen LogP contribution is -2.40. The second-order valence-electron chi connectivity index (χ2n) is 5.26. The van der Waals surface area contributed by atoms with Crippen LogP contribution in [0.25, 0.3) is 0 Å². The van der Waals surface area contributed by atoms with Gasteiger partial charge in [0.25, 0.3) is 0 Å². The minimum atomic E-state index is -1.11. The zero-order valence-corrected chi connectivity index (χ0v) is 12.0. The van der Waals surface area contributed by atoms with Crippen LogP contribution in [0, 0.1) is 5.92 Å². The van der Waals surface area contributed by atoms with E-state index in [1.165, 1.54) is 19.2 Å². The summed E-state index contributed by atoms with van der Waals surface area (Å²) in [6.07, 6.45) is 3.58. The Morgan fingerprint density at radius 2 is 2.05 bits per heavy atom. The van der Waals surface area contributed by atoms with Crippen LogP contribution in [-0.2, 0) is 4.79 Å². The fourth-order valence-corrected chi connectivity index (χ4v) is 2.65. The van der Waals surface area contributed by atoms with Crippen molar-refractivity contribution in [2.45, 2.75) is 31.7 Å². The van der Waals surface area contributed by atoms with E-state index in [0.29, 0.717) is 5.75 Å². The quantitative estimate of drug-likeness (QED) is 0.786. The van der Waals surface area contributed by atoms with Crippen molar-refractivity contribution in [3.05, 3.63) is 23.8 Å². The Balaban J connectivity index is 2.18. The standard InChI is InChI=1S/C15H20N2O4/c1-21-9-6-7-13(11(8-9)15(19)20)17-14(18)10-4-2-3-5-12(10)16/h6-8,10,12H,2-5,16H2,1H3,(H,17,18)(H,19,20). The predicted molar refractivity (Wildman–Crippen MR) is 78.5 cm³/mol.